The van der Waals surface area contributed by atoms with Crippen LogP contribution >= 0.6 is 12.2 Å². The largest absolute Gasteiger partial charge is 0.442 e. The Hall–Kier alpha value is -0.730. The van der Waals surface area contributed by atoms with Gasteiger partial charge >= 0.3 is 5.97 Å². The van der Waals surface area contributed by atoms with Gasteiger partial charge in [-0.05, 0) is 12.2 Å². The SMILES string of the molecule is CC(=O)OCN=C=S. The zero-order chi connectivity index (χ0) is 6.41. The number of esters is 1. The van der Waals surface area contributed by atoms with Gasteiger partial charge in [0.2, 0.25) is 0 Å². The molecule has 44 valence electrons. The minimum absolute atomic E-state index is 0.0150. The first-order valence-corrected chi connectivity index (χ1v) is 2.35. The van der Waals surface area contributed by atoms with Crippen molar-refractivity contribution in [1.82, 2.24) is 0 Å². The van der Waals surface area contributed by atoms with Gasteiger partial charge < -0.3 is 4.74 Å². The molecule has 0 fully saturated rings. The molecule has 3 nitrogen and oxygen atoms in total. The maximum absolute atomic E-state index is 9.97. The number of rotatable bonds is 2. The summed E-state index contributed by atoms with van der Waals surface area (Å²) in [6.07, 6.45) is 0. The van der Waals surface area contributed by atoms with Crippen LogP contribution in [0.5, 0.6) is 0 Å². The Morgan fingerprint density at radius 2 is 2.62 bits per heavy atom. The van der Waals surface area contributed by atoms with E-state index in [0.717, 1.165) is 0 Å². The van der Waals surface area contributed by atoms with Crippen molar-refractivity contribution in [2.24, 2.45) is 4.99 Å². The fraction of sp³-hybridized carbons (Fsp3) is 0.500. The minimum atomic E-state index is -0.362. The average Bonchev–Trinajstić information content (AvgIpc) is 1.66. The van der Waals surface area contributed by atoms with Crippen molar-refractivity contribution in [1.29, 1.82) is 0 Å². The van der Waals surface area contributed by atoms with E-state index in [1.165, 1.54) is 6.92 Å². The quantitative estimate of drug-likeness (QED) is 0.313. The molecule has 0 rings (SSSR count). The van der Waals surface area contributed by atoms with E-state index >= 15 is 0 Å². The second-order valence-corrected chi connectivity index (χ2v) is 1.20. The summed E-state index contributed by atoms with van der Waals surface area (Å²) in [7, 11) is 0. The number of carbonyl (C=O) groups is 1. The average molecular weight is 131 g/mol. The fourth-order valence-corrected chi connectivity index (χ4v) is 0.202. The topological polar surface area (TPSA) is 38.7 Å². The molecule has 0 saturated carbocycles. The molecule has 0 spiro atoms. The van der Waals surface area contributed by atoms with Crippen LogP contribution in [0.25, 0.3) is 0 Å². The van der Waals surface area contributed by atoms with E-state index in [9.17, 15) is 4.79 Å². The number of hydrogen-bond acceptors (Lipinski definition) is 4. The van der Waals surface area contributed by atoms with Gasteiger partial charge in [0.05, 0.1) is 5.16 Å². The molecule has 8 heavy (non-hydrogen) atoms. The molecule has 0 aromatic carbocycles. The summed E-state index contributed by atoms with van der Waals surface area (Å²) in [4.78, 5) is 13.3. The second-order valence-electron chi connectivity index (χ2n) is 1.01. The standard InChI is InChI=1S/C4H5NO2S/c1-4(6)7-2-5-3-8/h2H2,1H3. The molecule has 0 aliphatic rings. The van der Waals surface area contributed by atoms with Crippen molar-refractivity contribution in [3.05, 3.63) is 0 Å². The molecule has 0 bridgehead atoms. The van der Waals surface area contributed by atoms with Crippen LogP contribution in [0.4, 0.5) is 0 Å². The van der Waals surface area contributed by atoms with Crippen LogP contribution in [-0.4, -0.2) is 17.9 Å². The third-order valence-electron chi connectivity index (χ3n) is 0.397. The van der Waals surface area contributed by atoms with E-state index in [1.54, 1.807) is 0 Å². The lowest BCUT2D eigenvalue weighted by atomic mass is 10.8. The first-order valence-electron chi connectivity index (χ1n) is 1.94. The predicted molar refractivity (Wildman–Crippen MR) is 31.7 cm³/mol. The molecule has 0 N–H and O–H groups in total. The highest BCUT2D eigenvalue weighted by molar-refractivity contribution is 7.78. The summed E-state index contributed by atoms with van der Waals surface area (Å²) in [5, 5.41) is 2.05. The lowest BCUT2D eigenvalue weighted by molar-refractivity contribution is -0.140. The van der Waals surface area contributed by atoms with Crippen LogP contribution < -0.4 is 0 Å². The number of isothiocyanates is 1. The smallest absolute Gasteiger partial charge is 0.304 e. The highest BCUT2D eigenvalue weighted by Crippen LogP contribution is 1.73. The van der Waals surface area contributed by atoms with Crippen molar-refractivity contribution in [2.75, 3.05) is 6.73 Å². The molecule has 0 aromatic heterocycles. The van der Waals surface area contributed by atoms with Crippen molar-refractivity contribution < 1.29 is 9.53 Å². The zero-order valence-corrected chi connectivity index (χ0v) is 5.20. The van der Waals surface area contributed by atoms with Crippen molar-refractivity contribution >= 4 is 23.3 Å². The second kappa shape index (κ2) is 4.43. The monoisotopic (exact) mass is 131 g/mol. The van der Waals surface area contributed by atoms with E-state index < -0.39 is 0 Å². The molecule has 0 heterocycles. The Bertz CT molecular complexity index is 126. The van der Waals surface area contributed by atoms with Crippen molar-refractivity contribution in [2.45, 2.75) is 6.92 Å². The van der Waals surface area contributed by atoms with Crippen LogP contribution in [0.2, 0.25) is 0 Å². The molecule has 0 saturated heterocycles. The van der Waals surface area contributed by atoms with Crippen LogP contribution in [0.3, 0.4) is 0 Å². The lowest BCUT2D eigenvalue weighted by Crippen LogP contribution is -1.96. The van der Waals surface area contributed by atoms with Gasteiger partial charge in [0.15, 0.2) is 6.73 Å². The summed E-state index contributed by atoms with van der Waals surface area (Å²) in [6, 6.07) is 0. The van der Waals surface area contributed by atoms with E-state index in [0.29, 0.717) is 0 Å². The number of ether oxygens (including phenoxy) is 1. The molecule has 0 unspecified atom stereocenters. The summed E-state index contributed by atoms with van der Waals surface area (Å²) < 4.78 is 4.35. The number of nitrogens with zero attached hydrogens (tertiary/aromatic N) is 1. The third-order valence-corrected chi connectivity index (χ3v) is 0.526. The van der Waals surface area contributed by atoms with E-state index in [4.69, 9.17) is 0 Å². The van der Waals surface area contributed by atoms with E-state index in [1.807, 2.05) is 0 Å². The Morgan fingerprint density at radius 1 is 2.00 bits per heavy atom. The maximum Gasteiger partial charge on any atom is 0.304 e. The predicted octanol–water partition coefficient (Wildman–Crippen LogP) is 0.610. The highest BCUT2D eigenvalue weighted by Gasteiger charge is 1.84. The number of aliphatic imine (C=N–C) groups is 1. The first-order chi connectivity index (χ1) is 3.77. The van der Waals surface area contributed by atoms with E-state index in [-0.39, 0.29) is 12.7 Å². The molecule has 0 atom stereocenters. The summed E-state index contributed by atoms with van der Waals surface area (Å²) in [5.74, 6) is -0.362. The highest BCUT2D eigenvalue weighted by atomic mass is 32.1. The third kappa shape index (κ3) is 5.27. The summed E-state index contributed by atoms with van der Waals surface area (Å²) >= 11 is 4.20. The minimum Gasteiger partial charge on any atom is -0.442 e. The number of thiocarbonyl (C=S) groups is 1. The van der Waals surface area contributed by atoms with Gasteiger partial charge in [0.25, 0.3) is 0 Å². The van der Waals surface area contributed by atoms with Gasteiger partial charge in [-0.3, -0.25) is 4.79 Å². The molecule has 4 heteroatoms. The molecular formula is C4H5NO2S. The Labute approximate surface area is 52.4 Å². The van der Waals surface area contributed by atoms with Gasteiger partial charge in [-0.1, -0.05) is 0 Å². The van der Waals surface area contributed by atoms with Crippen molar-refractivity contribution in [3.8, 4) is 0 Å². The molecule has 0 aliphatic heterocycles. The fourth-order valence-electron chi connectivity index (χ4n) is 0.150. The molecule has 0 amide bonds. The number of hydrogen-bond donors (Lipinski definition) is 0. The molecule has 0 aromatic rings. The molecule has 0 aliphatic carbocycles. The van der Waals surface area contributed by atoms with Gasteiger partial charge in [-0.15, -0.1) is 0 Å². The van der Waals surface area contributed by atoms with Crippen LogP contribution in [-0.2, 0) is 9.53 Å². The summed E-state index contributed by atoms with van der Waals surface area (Å²) in [6.45, 7) is 1.29. The van der Waals surface area contributed by atoms with Crippen molar-refractivity contribution in [3.63, 3.8) is 0 Å². The summed E-state index contributed by atoms with van der Waals surface area (Å²) in [5.41, 5.74) is 0. The van der Waals surface area contributed by atoms with Gasteiger partial charge in [-0.25, -0.2) is 0 Å². The molecule has 0 radical (unpaired) electrons. The lowest BCUT2D eigenvalue weighted by Gasteiger charge is -1.89. The Kier molecular flexibility index (Phi) is 4.03. The number of carbonyl (C=O) groups excluding carboxylic acids is 1. The Balaban J connectivity index is 3.18. The first kappa shape index (κ1) is 7.27. The van der Waals surface area contributed by atoms with Crippen LogP contribution in [0.15, 0.2) is 4.99 Å². The zero-order valence-electron chi connectivity index (χ0n) is 4.38. The van der Waals surface area contributed by atoms with Gasteiger partial charge in [0, 0.05) is 6.92 Å². The van der Waals surface area contributed by atoms with Crippen LogP contribution in [0, 0.1) is 0 Å². The van der Waals surface area contributed by atoms with Crippen LogP contribution in [0.1, 0.15) is 6.92 Å². The maximum atomic E-state index is 9.97. The normalized spacial score (nSPS) is 7.12. The Morgan fingerprint density at radius 3 is 3.00 bits per heavy atom. The van der Waals surface area contributed by atoms with Gasteiger partial charge in [0.1, 0.15) is 0 Å². The van der Waals surface area contributed by atoms with E-state index in [2.05, 4.69) is 27.1 Å². The molecular weight excluding hydrogens is 126 g/mol. The van der Waals surface area contributed by atoms with Gasteiger partial charge in [-0.2, -0.15) is 4.99 Å².